The Bertz CT molecular complexity index is 753. The lowest BCUT2D eigenvalue weighted by molar-refractivity contribution is 0.0599. The van der Waals surface area contributed by atoms with Gasteiger partial charge in [0, 0.05) is 11.3 Å². The van der Waals surface area contributed by atoms with E-state index in [9.17, 15) is 9.59 Å². The third-order valence-corrected chi connectivity index (χ3v) is 3.66. The van der Waals surface area contributed by atoms with Gasteiger partial charge in [-0.25, -0.2) is 4.79 Å². The first-order chi connectivity index (χ1) is 11.0. The third kappa shape index (κ3) is 3.51. The number of esters is 1. The minimum atomic E-state index is -0.435. The zero-order valence-electron chi connectivity index (χ0n) is 13.6. The molecule has 2 aromatic carbocycles. The Morgan fingerprint density at radius 3 is 2.43 bits per heavy atom. The van der Waals surface area contributed by atoms with E-state index < -0.39 is 5.97 Å². The maximum absolute atomic E-state index is 12.4. The first-order valence-electron chi connectivity index (χ1n) is 7.12. The molecule has 0 bridgehead atoms. The van der Waals surface area contributed by atoms with Crippen LogP contribution in [0.4, 0.5) is 5.69 Å². The molecule has 0 heterocycles. The Labute approximate surface area is 135 Å². The van der Waals surface area contributed by atoms with Crippen LogP contribution < -0.4 is 10.1 Å². The molecule has 2 rings (SSSR count). The molecule has 5 nitrogen and oxygen atoms in total. The first-order valence-corrected chi connectivity index (χ1v) is 7.12. The van der Waals surface area contributed by atoms with E-state index >= 15 is 0 Å². The third-order valence-electron chi connectivity index (χ3n) is 3.66. The normalized spacial score (nSPS) is 10.1. The van der Waals surface area contributed by atoms with Crippen LogP contribution in [-0.4, -0.2) is 26.1 Å². The van der Waals surface area contributed by atoms with Crippen LogP contribution in [0.1, 0.15) is 31.8 Å². The Hall–Kier alpha value is -2.82. The van der Waals surface area contributed by atoms with Crippen molar-refractivity contribution in [2.45, 2.75) is 13.8 Å². The fourth-order valence-corrected chi connectivity index (χ4v) is 2.26. The van der Waals surface area contributed by atoms with Crippen molar-refractivity contribution in [1.82, 2.24) is 0 Å². The second kappa shape index (κ2) is 6.96. The molecule has 0 aliphatic rings. The smallest absolute Gasteiger partial charge is 0.338 e. The van der Waals surface area contributed by atoms with E-state index in [0.29, 0.717) is 28.1 Å². The van der Waals surface area contributed by atoms with Crippen molar-refractivity contribution in [3.05, 3.63) is 58.7 Å². The van der Waals surface area contributed by atoms with Crippen molar-refractivity contribution < 1.29 is 19.1 Å². The van der Waals surface area contributed by atoms with Crippen molar-refractivity contribution in [2.24, 2.45) is 0 Å². The number of rotatable bonds is 4. The summed E-state index contributed by atoms with van der Waals surface area (Å²) in [6.07, 6.45) is 0. The van der Waals surface area contributed by atoms with E-state index in [2.05, 4.69) is 5.32 Å². The summed E-state index contributed by atoms with van der Waals surface area (Å²) in [5.41, 5.74) is 3.08. The molecule has 23 heavy (non-hydrogen) atoms. The lowest BCUT2D eigenvalue weighted by Crippen LogP contribution is -2.14. The number of benzene rings is 2. The van der Waals surface area contributed by atoms with E-state index in [-0.39, 0.29) is 5.91 Å². The molecule has 0 spiro atoms. The average molecular weight is 313 g/mol. The molecule has 2 aromatic rings. The second-order valence-corrected chi connectivity index (χ2v) is 5.11. The minimum Gasteiger partial charge on any atom is -0.496 e. The Morgan fingerprint density at radius 1 is 1.04 bits per heavy atom. The highest BCUT2D eigenvalue weighted by Gasteiger charge is 2.14. The standard InChI is InChI=1S/C18H19NO4/c1-11-8-9-13(10-16(11)22-3)17(20)19-15-7-5-6-14(12(15)2)18(21)23-4/h5-10H,1-4H3,(H,19,20). The quantitative estimate of drug-likeness (QED) is 0.879. The average Bonchev–Trinajstić information content (AvgIpc) is 2.56. The Morgan fingerprint density at radius 2 is 1.78 bits per heavy atom. The molecular formula is C18H19NO4. The number of methoxy groups -OCH3 is 2. The van der Waals surface area contributed by atoms with Gasteiger partial charge in [-0.3, -0.25) is 4.79 Å². The number of anilines is 1. The van der Waals surface area contributed by atoms with Gasteiger partial charge in [0.2, 0.25) is 0 Å². The van der Waals surface area contributed by atoms with Crippen LogP contribution in [0.15, 0.2) is 36.4 Å². The number of aryl methyl sites for hydroxylation is 1. The van der Waals surface area contributed by atoms with E-state index in [1.54, 1.807) is 44.4 Å². The van der Waals surface area contributed by atoms with E-state index in [1.165, 1.54) is 7.11 Å². The van der Waals surface area contributed by atoms with Gasteiger partial charge in [0.25, 0.3) is 5.91 Å². The van der Waals surface area contributed by atoms with Gasteiger partial charge in [-0.05, 0) is 49.2 Å². The van der Waals surface area contributed by atoms with Gasteiger partial charge in [-0.1, -0.05) is 12.1 Å². The molecule has 0 aliphatic carbocycles. The number of ether oxygens (including phenoxy) is 2. The molecule has 5 heteroatoms. The van der Waals surface area contributed by atoms with Gasteiger partial charge in [-0.15, -0.1) is 0 Å². The van der Waals surface area contributed by atoms with Crippen molar-refractivity contribution in [1.29, 1.82) is 0 Å². The van der Waals surface area contributed by atoms with Gasteiger partial charge >= 0.3 is 5.97 Å². The fraction of sp³-hybridized carbons (Fsp3) is 0.222. The number of hydrogen-bond acceptors (Lipinski definition) is 4. The minimum absolute atomic E-state index is 0.270. The summed E-state index contributed by atoms with van der Waals surface area (Å²) in [5.74, 6) is -0.0540. The van der Waals surface area contributed by atoms with Gasteiger partial charge in [0.15, 0.2) is 0 Å². The predicted octanol–water partition coefficient (Wildman–Crippen LogP) is 3.35. The summed E-state index contributed by atoms with van der Waals surface area (Å²) in [6, 6.07) is 10.3. The maximum Gasteiger partial charge on any atom is 0.338 e. The molecule has 0 saturated carbocycles. The Kier molecular flexibility index (Phi) is 5.01. The molecule has 0 atom stereocenters. The number of carbonyl (C=O) groups excluding carboxylic acids is 2. The van der Waals surface area contributed by atoms with Gasteiger partial charge in [0.05, 0.1) is 19.8 Å². The largest absolute Gasteiger partial charge is 0.496 e. The van der Waals surface area contributed by atoms with Crippen LogP contribution >= 0.6 is 0 Å². The number of nitrogens with one attached hydrogen (secondary N) is 1. The number of hydrogen-bond donors (Lipinski definition) is 1. The Balaban J connectivity index is 2.29. The number of carbonyl (C=O) groups is 2. The van der Waals surface area contributed by atoms with E-state index in [1.807, 2.05) is 13.0 Å². The zero-order valence-corrected chi connectivity index (χ0v) is 13.6. The van der Waals surface area contributed by atoms with Crippen molar-refractivity contribution in [3.8, 4) is 5.75 Å². The monoisotopic (exact) mass is 313 g/mol. The van der Waals surface area contributed by atoms with Crippen LogP contribution in [0.2, 0.25) is 0 Å². The summed E-state index contributed by atoms with van der Waals surface area (Å²) in [5, 5.41) is 2.81. The SMILES string of the molecule is COC(=O)c1cccc(NC(=O)c2ccc(C)c(OC)c2)c1C. The highest BCUT2D eigenvalue weighted by Crippen LogP contribution is 2.23. The highest BCUT2D eigenvalue weighted by atomic mass is 16.5. The summed E-state index contributed by atoms with van der Waals surface area (Å²) in [4.78, 5) is 24.1. The van der Waals surface area contributed by atoms with Crippen molar-refractivity contribution >= 4 is 17.6 Å². The summed E-state index contributed by atoms with van der Waals surface area (Å²) in [6.45, 7) is 3.67. The number of amides is 1. The lowest BCUT2D eigenvalue weighted by atomic mass is 10.1. The molecule has 1 N–H and O–H groups in total. The first kappa shape index (κ1) is 16.5. The van der Waals surface area contributed by atoms with Crippen LogP contribution in [0, 0.1) is 13.8 Å². The molecule has 0 aromatic heterocycles. The molecule has 0 aliphatic heterocycles. The van der Waals surface area contributed by atoms with Crippen LogP contribution in [0.25, 0.3) is 0 Å². The topological polar surface area (TPSA) is 64.6 Å². The molecule has 0 saturated heterocycles. The van der Waals surface area contributed by atoms with Crippen molar-refractivity contribution in [2.75, 3.05) is 19.5 Å². The van der Waals surface area contributed by atoms with Gasteiger partial charge < -0.3 is 14.8 Å². The van der Waals surface area contributed by atoms with Gasteiger partial charge in [-0.2, -0.15) is 0 Å². The van der Waals surface area contributed by atoms with Gasteiger partial charge in [0.1, 0.15) is 5.75 Å². The lowest BCUT2D eigenvalue weighted by Gasteiger charge is -2.12. The highest BCUT2D eigenvalue weighted by molar-refractivity contribution is 6.05. The summed E-state index contributed by atoms with van der Waals surface area (Å²) in [7, 11) is 2.89. The van der Waals surface area contributed by atoms with E-state index in [0.717, 1.165) is 5.56 Å². The fourth-order valence-electron chi connectivity index (χ4n) is 2.26. The second-order valence-electron chi connectivity index (χ2n) is 5.11. The maximum atomic E-state index is 12.4. The van der Waals surface area contributed by atoms with E-state index in [4.69, 9.17) is 9.47 Å². The summed E-state index contributed by atoms with van der Waals surface area (Å²) < 4.78 is 9.97. The molecule has 0 unspecified atom stereocenters. The van der Waals surface area contributed by atoms with Crippen LogP contribution in [0.5, 0.6) is 5.75 Å². The molecule has 120 valence electrons. The van der Waals surface area contributed by atoms with Crippen molar-refractivity contribution in [3.63, 3.8) is 0 Å². The molecule has 1 amide bonds. The predicted molar refractivity (Wildman–Crippen MR) is 88.2 cm³/mol. The molecular weight excluding hydrogens is 294 g/mol. The zero-order chi connectivity index (χ0) is 17.0. The summed E-state index contributed by atoms with van der Waals surface area (Å²) >= 11 is 0. The van der Waals surface area contributed by atoms with Crippen LogP contribution in [-0.2, 0) is 4.74 Å². The molecule has 0 radical (unpaired) electrons. The molecule has 0 fully saturated rings. The van der Waals surface area contributed by atoms with Crippen LogP contribution in [0.3, 0.4) is 0 Å².